The van der Waals surface area contributed by atoms with Gasteiger partial charge in [0.25, 0.3) is 0 Å². The van der Waals surface area contributed by atoms with Crippen LogP contribution in [-0.2, 0) is 78.4 Å². The molecule has 3 N–H and O–H groups in total. The third-order valence-electron chi connectivity index (χ3n) is 16.1. The van der Waals surface area contributed by atoms with Crippen molar-refractivity contribution in [1.29, 1.82) is 0 Å². The number of H-pyrrole nitrogens is 1. The van der Waals surface area contributed by atoms with Gasteiger partial charge in [0.05, 0.1) is 23.0 Å². The Balaban J connectivity index is 1.18. The van der Waals surface area contributed by atoms with Crippen molar-refractivity contribution in [3.8, 4) is 11.4 Å². The van der Waals surface area contributed by atoms with Crippen LogP contribution in [-0.4, -0.2) is 123 Å². The second kappa shape index (κ2) is 26.7. The molecule has 5 heterocycles. The summed E-state index contributed by atoms with van der Waals surface area (Å²) >= 11 is 0. The molecule has 21 heteroatoms. The number of benzene rings is 4. The number of likely N-dealkylation sites (tertiary alicyclic amines) is 2. The van der Waals surface area contributed by atoms with Crippen LogP contribution >= 0.6 is 0 Å². The number of aromatic amines is 1. The minimum Gasteiger partial charge on any atom is -0.456 e. The van der Waals surface area contributed by atoms with Crippen molar-refractivity contribution >= 4 is 63.7 Å². The minimum atomic E-state index is -1.57. The lowest BCUT2D eigenvalue weighted by Gasteiger charge is -2.44. The molecule has 3 aliphatic rings. The van der Waals surface area contributed by atoms with Crippen molar-refractivity contribution in [3.05, 3.63) is 131 Å². The molecule has 0 bridgehead atoms. The minimum absolute atomic E-state index is 0.00625. The fraction of sp³-hybridized carbons (Fsp3) is 0.453. The third-order valence-corrected chi connectivity index (χ3v) is 16.1. The normalized spacial score (nSPS) is 21.2. The number of nitrogens with one attached hydrogen (secondary N) is 3. The monoisotopic (exact) mass is 1170 g/mol. The summed E-state index contributed by atoms with van der Waals surface area (Å²) in [4.78, 5) is 103. The number of carbonyl (C=O) groups is 7. The summed E-state index contributed by atoms with van der Waals surface area (Å²) in [6, 6.07) is 23.8. The van der Waals surface area contributed by atoms with E-state index in [0.29, 0.717) is 77.6 Å². The molecule has 3 saturated heterocycles. The highest BCUT2D eigenvalue weighted by Gasteiger charge is 2.52. The molecule has 9 atom stereocenters. The smallest absolute Gasteiger partial charge is 0.408 e. The fourth-order valence-corrected chi connectivity index (χ4v) is 12.2. The van der Waals surface area contributed by atoms with E-state index in [1.807, 2.05) is 88.4 Å². The first-order valence-electron chi connectivity index (χ1n) is 29.0. The van der Waals surface area contributed by atoms with Gasteiger partial charge in [-0.2, -0.15) is 0 Å². The first-order chi connectivity index (χ1) is 40.7. The Morgan fingerprint density at radius 1 is 0.612 bits per heavy atom. The molecule has 6 aromatic rings. The van der Waals surface area contributed by atoms with Crippen LogP contribution in [0.15, 0.2) is 97.1 Å². The summed E-state index contributed by atoms with van der Waals surface area (Å²) in [5, 5.41) is 6.70. The first kappa shape index (κ1) is 61.2. The van der Waals surface area contributed by atoms with E-state index in [1.54, 1.807) is 33.4 Å². The van der Waals surface area contributed by atoms with Gasteiger partial charge in [-0.1, -0.05) is 88.4 Å². The Kier molecular flexibility index (Phi) is 19.2. The van der Waals surface area contributed by atoms with Crippen LogP contribution in [0.1, 0.15) is 110 Å². The quantitative estimate of drug-likeness (QED) is 0.0508. The standard InChI is InChI=1S/C64H74F2N6O13/c1-35(2)53(68-63(78)80-33-41-17-11-9-12-18-41)60(76)70-27-15-21-45(70)31-49-47-25-23-43(65)29-51(47)67-55(49)56-50(32-46-22-16-28-71(46)61(77)54(36(3)4)69-64(79)81-34-42-19-13-10-14-20-42)48-26-24-44(66)30-52(48)72(56)62-59(85-40(8)75)58(84-39(7)74)57(37(5)82-62)83-38(6)73/h9-14,17-20,23-26,29-30,35-37,45-46,53-54,57-59,62,67H,15-16,21-22,27-28,31-34H2,1-8H3,(H,68,78)(H,69,79)/t37-,45-,46-,53-,54-,57+,58+,59-,62-/m0/s1. The number of nitrogens with zero attached hydrogens (tertiary/aromatic N) is 3. The van der Waals surface area contributed by atoms with E-state index in [1.165, 1.54) is 31.2 Å². The van der Waals surface area contributed by atoms with Crippen molar-refractivity contribution in [2.45, 2.75) is 162 Å². The molecule has 0 unspecified atom stereocenters. The zero-order chi connectivity index (χ0) is 60.8. The number of alkyl carbamates (subject to hydrolysis) is 2. The molecule has 3 fully saturated rings. The Labute approximate surface area is 491 Å². The zero-order valence-corrected chi connectivity index (χ0v) is 49.1. The van der Waals surface area contributed by atoms with Crippen molar-refractivity contribution in [3.63, 3.8) is 0 Å². The van der Waals surface area contributed by atoms with Gasteiger partial charge in [0, 0.05) is 62.2 Å². The SMILES string of the molecule is CC(=O)O[C@@H]1[C@H](OC(C)=O)[C@H](C)O[C@H](n2c(-c3[nH]c4cc(F)ccc4c3C[C@@H]3CCCN3C(=O)[C@@H](NC(=O)OCc3ccccc3)C(C)C)c(C[C@@H]3CCCN3C(=O)[C@@H](NC(=O)OCc3ccccc3)C(C)C)c3ccc(F)cc32)[C@H]1OC(C)=O. The van der Waals surface area contributed by atoms with Crippen molar-refractivity contribution in [2.24, 2.45) is 11.8 Å². The average Bonchev–Trinajstić information content (AvgIpc) is 1.68. The molecule has 85 heavy (non-hydrogen) atoms. The summed E-state index contributed by atoms with van der Waals surface area (Å²) in [5.41, 5.74) is 4.03. The van der Waals surface area contributed by atoms with E-state index in [2.05, 4.69) is 15.6 Å². The van der Waals surface area contributed by atoms with E-state index >= 15 is 13.6 Å². The van der Waals surface area contributed by atoms with Crippen LogP contribution < -0.4 is 10.6 Å². The Morgan fingerprint density at radius 3 is 1.59 bits per heavy atom. The lowest BCUT2D eigenvalue weighted by Crippen LogP contribution is -2.58. The number of fused-ring (bicyclic) bond motifs is 2. The molecular weight excluding hydrogens is 1100 g/mol. The van der Waals surface area contributed by atoms with Gasteiger partial charge in [-0.3, -0.25) is 24.0 Å². The second-order valence-electron chi connectivity index (χ2n) is 22.9. The number of carbonyl (C=O) groups excluding carboxylic acids is 7. The predicted octanol–water partition coefficient (Wildman–Crippen LogP) is 9.75. The van der Waals surface area contributed by atoms with Crippen molar-refractivity contribution in [1.82, 2.24) is 30.0 Å². The number of hydrogen-bond donors (Lipinski definition) is 3. The molecule has 2 aromatic heterocycles. The first-order valence-corrected chi connectivity index (χ1v) is 29.0. The topological polar surface area (TPSA) is 226 Å². The van der Waals surface area contributed by atoms with Gasteiger partial charge in [0.15, 0.2) is 24.5 Å². The molecular formula is C64H74F2N6O13. The zero-order valence-electron chi connectivity index (χ0n) is 49.1. The molecule has 0 saturated carbocycles. The number of rotatable bonds is 19. The maximum absolute atomic E-state index is 16.3. The number of aromatic nitrogens is 2. The molecule has 0 radical (unpaired) electrons. The maximum atomic E-state index is 16.3. The highest BCUT2D eigenvalue weighted by atomic mass is 19.1. The average molecular weight is 1170 g/mol. The van der Waals surface area contributed by atoms with Gasteiger partial charge < -0.3 is 58.4 Å². The Bertz CT molecular complexity index is 3420. The lowest BCUT2D eigenvalue weighted by atomic mass is 9.94. The third kappa shape index (κ3) is 13.9. The van der Waals surface area contributed by atoms with Crippen LogP contribution in [0.5, 0.6) is 0 Å². The molecule has 4 aromatic carbocycles. The summed E-state index contributed by atoms with van der Waals surface area (Å²) in [5.74, 6) is -4.99. The summed E-state index contributed by atoms with van der Waals surface area (Å²) < 4.78 is 69.3. The van der Waals surface area contributed by atoms with E-state index in [-0.39, 0.29) is 55.2 Å². The highest BCUT2D eigenvalue weighted by Crippen LogP contribution is 2.46. The fourth-order valence-electron chi connectivity index (χ4n) is 12.2. The number of amides is 4. The number of esters is 3. The van der Waals surface area contributed by atoms with E-state index in [9.17, 15) is 28.8 Å². The predicted molar refractivity (Wildman–Crippen MR) is 309 cm³/mol. The van der Waals surface area contributed by atoms with Gasteiger partial charge >= 0.3 is 30.1 Å². The van der Waals surface area contributed by atoms with Crippen molar-refractivity contribution in [2.75, 3.05) is 13.1 Å². The largest absolute Gasteiger partial charge is 0.456 e. The molecule has 19 nitrogen and oxygen atoms in total. The van der Waals surface area contributed by atoms with E-state index in [4.69, 9.17) is 28.4 Å². The van der Waals surface area contributed by atoms with Gasteiger partial charge in [-0.15, -0.1) is 0 Å². The Morgan fingerprint density at radius 2 is 1.08 bits per heavy atom. The van der Waals surface area contributed by atoms with Crippen LogP contribution in [0.4, 0.5) is 18.4 Å². The van der Waals surface area contributed by atoms with E-state index in [0.717, 1.165) is 25.0 Å². The molecule has 4 amide bonds. The highest BCUT2D eigenvalue weighted by molar-refractivity contribution is 5.97. The molecule has 0 aliphatic carbocycles. The Hall–Kier alpha value is -8.33. The number of halogens is 2. The van der Waals surface area contributed by atoms with Crippen LogP contribution in [0.3, 0.4) is 0 Å². The summed E-state index contributed by atoms with van der Waals surface area (Å²) in [6.07, 6.45) is -5.89. The van der Waals surface area contributed by atoms with Gasteiger partial charge in [0.2, 0.25) is 11.8 Å². The molecule has 9 rings (SSSR count). The second-order valence-corrected chi connectivity index (χ2v) is 22.9. The van der Waals surface area contributed by atoms with Crippen LogP contribution in [0.25, 0.3) is 33.2 Å². The van der Waals surface area contributed by atoms with Gasteiger partial charge in [-0.05, 0) is 116 Å². The summed E-state index contributed by atoms with van der Waals surface area (Å²) in [6.45, 7) is 13.0. The van der Waals surface area contributed by atoms with E-state index < -0.39 is 96.5 Å². The number of hydrogen-bond acceptors (Lipinski definition) is 13. The number of ether oxygens (including phenoxy) is 6. The van der Waals surface area contributed by atoms with Crippen LogP contribution in [0, 0.1) is 23.5 Å². The summed E-state index contributed by atoms with van der Waals surface area (Å²) in [7, 11) is 0. The molecule has 452 valence electrons. The van der Waals surface area contributed by atoms with Crippen LogP contribution in [0.2, 0.25) is 0 Å². The lowest BCUT2D eigenvalue weighted by molar-refractivity contribution is -0.258. The van der Waals surface area contributed by atoms with Gasteiger partial charge in [0.1, 0.15) is 36.9 Å². The molecule has 3 aliphatic heterocycles. The molecule has 0 spiro atoms. The van der Waals surface area contributed by atoms with Gasteiger partial charge in [-0.25, -0.2) is 18.4 Å². The van der Waals surface area contributed by atoms with Crippen molar-refractivity contribution < 1.29 is 70.8 Å². The maximum Gasteiger partial charge on any atom is 0.408 e.